The van der Waals surface area contributed by atoms with Crippen molar-refractivity contribution < 1.29 is 19.7 Å². The molecule has 18 heavy (non-hydrogen) atoms. The number of aliphatic hydroxyl groups is 2. The summed E-state index contributed by atoms with van der Waals surface area (Å²) in [6.07, 6.45) is 7.19. The number of hydrogen-bond acceptors (Lipinski definition) is 4. The molecule has 0 saturated carbocycles. The zero-order chi connectivity index (χ0) is 13.4. The van der Waals surface area contributed by atoms with E-state index in [-0.39, 0.29) is 6.10 Å². The summed E-state index contributed by atoms with van der Waals surface area (Å²) in [6.45, 7) is 2.21. The molecular formula is C14H26O4. The van der Waals surface area contributed by atoms with Crippen molar-refractivity contribution in [2.45, 2.75) is 83.0 Å². The van der Waals surface area contributed by atoms with Crippen LogP contribution in [-0.2, 0) is 9.53 Å². The van der Waals surface area contributed by atoms with Gasteiger partial charge in [0.1, 0.15) is 6.10 Å². The van der Waals surface area contributed by atoms with Crippen LogP contribution in [0.25, 0.3) is 0 Å². The van der Waals surface area contributed by atoms with Crippen LogP contribution in [0, 0.1) is 0 Å². The third-order valence-corrected chi connectivity index (χ3v) is 3.52. The summed E-state index contributed by atoms with van der Waals surface area (Å²) in [5, 5.41) is 18.7. The van der Waals surface area contributed by atoms with Crippen LogP contribution >= 0.6 is 0 Å². The number of carbonyl (C=O) groups is 1. The van der Waals surface area contributed by atoms with E-state index in [4.69, 9.17) is 4.74 Å². The monoisotopic (exact) mass is 258 g/mol. The molecule has 106 valence electrons. The van der Waals surface area contributed by atoms with Gasteiger partial charge in [0.25, 0.3) is 0 Å². The van der Waals surface area contributed by atoms with Crippen molar-refractivity contribution in [1.29, 1.82) is 0 Å². The highest BCUT2D eigenvalue weighted by Gasteiger charge is 2.35. The topological polar surface area (TPSA) is 66.8 Å². The summed E-state index contributed by atoms with van der Waals surface area (Å²) in [6, 6.07) is 0. The van der Waals surface area contributed by atoms with Gasteiger partial charge in [0.15, 0.2) is 6.10 Å². The van der Waals surface area contributed by atoms with Gasteiger partial charge in [0.2, 0.25) is 0 Å². The number of aliphatic hydroxyl groups excluding tert-OH is 2. The largest absolute Gasteiger partial charge is 0.460 e. The van der Waals surface area contributed by atoms with Crippen LogP contribution in [-0.4, -0.2) is 34.5 Å². The third kappa shape index (κ3) is 5.36. The maximum absolute atomic E-state index is 11.2. The first-order chi connectivity index (χ1) is 8.65. The van der Waals surface area contributed by atoms with Gasteiger partial charge >= 0.3 is 5.97 Å². The van der Waals surface area contributed by atoms with Crippen molar-refractivity contribution >= 4 is 5.97 Å². The Bertz CT molecular complexity index is 242. The van der Waals surface area contributed by atoms with Crippen molar-refractivity contribution in [3.8, 4) is 0 Å². The Labute approximate surface area is 109 Å². The summed E-state index contributed by atoms with van der Waals surface area (Å²) in [7, 11) is 0. The minimum absolute atomic E-state index is 0.216. The summed E-state index contributed by atoms with van der Waals surface area (Å²) in [5.41, 5.74) is 0. The molecule has 0 aromatic carbocycles. The lowest BCUT2D eigenvalue weighted by Crippen LogP contribution is -2.45. The van der Waals surface area contributed by atoms with Gasteiger partial charge in [-0.2, -0.15) is 0 Å². The Balaban J connectivity index is 2.04. The maximum atomic E-state index is 11.2. The van der Waals surface area contributed by atoms with Crippen LogP contribution < -0.4 is 0 Å². The van der Waals surface area contributed by atoms with E-state index in [0.717, 1.165) is 19.3 Å². The van der Waals surface area contributed by atoms with Crippen molar-refractivity contribution in [2.24, 2.45) is 0 Å². The molecule has 0 amide bonds. The molecule has 4 nitrogen and oxygen atoms in total. The van der Waals surface area contributed by atoms with Gasteiger partial charge in [-0.15, -0.1) is 0 Å². The SMILES string of the molecule is CCCCCCCCC[C@@H]1C[C@H](O)[C@@H](O)C(=O)O1. The molecule has 0 spiro atoms. The minimum Gasteiger partial charge on any atom is -0.460 e. The number of cyclic esters (lactones) is 1. The van der Waals surface area contributed by atoms with Gasteiger partial charge in [-0.1, -0.05) is 45.4 Å². The summed E-state index contributed by atoms with van der Waals surface area (Å²) >= 11 is 0. The lowest BCUT2D eigenvalue weighted by atomic mass is 9.98. The van der Waals surface area contributed by atoms with E-state index in [1.165, 1.54) is 32.1 Å². The van der Waals surface area contributed by atoms with Gasteiger partial charge in [-0.05, 0) is 12.8 Å². The van der Waals surface area contributed by atoms with Gasteiger partial charge in [-0.3, -0.25) is 0 Å². The number of rotatable bonds is 8. The standard InChI is InChI=1S/C14H26O4/c1-2-3-4-5-6-7-8-9-11-10-12(15)13(16)14(17)18-11/h11-13,15-16H,2-10H2,1H3/t11-,12+,13-/m1/s1. The molecule has 0 radical (unpaired) electrons. The van der Waals surface area contributed by atoms with E-state index >= 15 is 0 Å². The molecule has 1 fully saturated rings. The molecule has 0 aliphatic carbocycles. The van der Waals surface area contributed by atoms with Crippen LogP contribution in [0.15, 0.2) is 0 Å². The second-order valence-corrected chi connectivity index (χ2v) is 5.22. The molecule has 2 N–H and O–H groups in total. The minimum atomic E-state index is -1.35. The molecule has 1 aliphatic rings. The molecule has 0 bridgehead atoms. The number of esters is 1. The predicted octanol–water partition coefficient (Wildman–Crippen LogP) is 2.16. The van der Waals surface area contributed by atoms with Crippen molar-refractivity contribution in [3.05, 3.63) is 0 Å². The second kappa shape index (κ2) is 8.48. The molecule has 4 heteroatoms. The van der Waals surface area contributed by atoms with E-state index in [2.05, 4.69) is 6.92 Å². The van der Waals surface area contributed by atoms with Crippen molar-refractivity contribution in [3.63, 3.8) is 0 Å². The first-order valence-electron chi connectivity index (χ1n) is 7.21. The van der Waals surface area contributed by atoms with Crippen molar-refractivity contribution in [2.75, 3.05) is 0 Å². The van der Waals surface area contributed by atoms with Gasteiger partial charge in [0.05, 0.1) is 6.10 Å². The lowest BCUT2D eigenvalue weighted by Gasteiger charge is -2.29. The fraction of sp³-hybridized carbons (Fsp3) is 0.929. The van der Waals surface area contributed by atoms with Crippen LogP contribution in [0.4, 0.5) is 0 Å². The maximum Gasteiger partial charge on any atom is 0.337 e. The molecule has 0 aromatic rings. The van der Waals surface area contributed by atoms with Crippen LogP contribution in [0.2, 0.25) is 0 Å². The average molecular weight is 258 g/mol. The first kappa shape index (κ1) is 15.4. The third-order valence-electron chi connectivity index (χ3n) is 3.52. The summed E-state index contributed by atoms with van der Waals surface area (Å²) in [4.78, 5) is 11.2. The Morgan fingerprint density at radius 2 is 1.72 bits per heavy atom. The number of hydrogen-bond donors (Lipinski definition) is 2. The highest BCUT2D eigenvalue weighted by atomic mass is 16.6. The Morgan fingerprint density at radius 1 is 1.11 bits per heavy atom. The zero-order valence-electron chi connectivity index (χ0n) is 11.3. The zero-order valence-corrected chi connectivity index (χ0v) is 11.3. The van der Waals surface area contributed by atoms with Crippen molar-refractivity contribution in [1.82, 2.24) is 0 Å². The van der Waals surface area contributed by atoms with E-state index < -0.39 is 18.2 Å². The Kier molecular flexibility index (Phi) is 7.28. The van der Waals surface area contributed by atoms with E-state index in [9.17, 15) is 15.0 Å². The first-order valence-corrected chi connectivity index (χ1v) is 7.21. The van der Waals surface area contributed by atoms with E-state index in [0.29, 0.717) is 6.42 Å². The van der Waals surface area contributed by atoms with Crippen LogP contribution in [0.5, 0.6) is 0 Å². The molecule has 1 aliphatic heterocycles. The predicted molar refractivity (Wildman–Crippen MR) is 69.1 cm³/mol. The average Bonchev–Trinajstić information content (AvgIpc) is 2.34. The Hall–Kier alpha value is -0.610. The molecule has 1 heterocycles. The lowest BCUT2D eigenvalue weighted by molar-refractivity contribution is -0.179. The normalized spacial score (nSPS) is 28.2. The second-order valence-electron chi connectivity index (χ2n) is 5.22. The molecule has 1 saturated heterocycles. The quantitative estimate of drug-likeness (QED) is 0.517. The smallest absolute Gasteiger partial charge is 0.337 e. The number of unbranched alkanes of at least 4 members (excludes halogenated alkanes) is 6. The Morgan fingerprint density at radius 3 is 2.33 bits per heavy atom. The number of carbonyl (C=O) groups excluding carboxylic acids is 1. The highest BCUT2D eigenvalue weighted by Crippen LogP contribution is 2.20. The van der Waals surface area contributed by atoms with Gasteiger partial charge in [0, 0.05) is 6.42 Å². The van der Waals surface area contributed by atoms with Crippen LogP contribution in [0.3, 0.4) is 0 Å². The van der Waals surface area contributed by atoms with Gasteiger partial charge in [-0.25, -0.2) is 4.79 Å². The van der Waals surface area contributed by atoms with E-state index in [1.54, 1.807) is 0 Å². The molecule has 0 aromatic heterocycles. The highest BCUT2D eigenvalue weighted by molar-refractivity contribution is 5.76. The number of ether oxygens (including phenoxy) is 1. The molecule has 3 atom stereocenters. The summed E-state index contributed by atoms with van der Waals surface area (Å²) in [5.74, 6) is -0.679. The fourth-order valence-electron chi connectivity index (χ4n) is 2.34. The van der Waals surface area contributed by atoms with Gasteiger partial charge < -0.3 is 14.9 Å². The summed E-state index contributed by atoms with van der Waals surface area (Å²) < 4.78 is 5.07. The van der Waals surface area contributed by atoms with Crippen LogP contribution in [0.1, 0.15) is 64.7 Å². The fourth-order valence-corrected chi connectivity index (χ4v) is 2.34. The molecule has 0 unspecified atom stereocenters. The molecule has 1 rings (SSSR count). The molecular weight excluding hydrogens is 232 g/mol. The van der Waals surface area contributed by atoms with E-state index in [1.807, 2.05) is 0 Å².